The first-order chi connectivity index (χ1) is 10.5. The summed E-state index contributed by atoms with van der Waals surface area (Å²) in [6.45, 7) is 2.54. The largest absolute Gasteiger partial charge is 0.377 e. The lowest BCUT2D eigenvalue weighted by molar-refractivity contribution is 0.0306. The molecule has 0 bridgehead atoms. The maximum atomic E-state index is 12.4. The number of nitrogens with one attached hydrogen (secondary N) is 1. The number of aromatic nitrogens is 1. The van der Waals surface area contributed by atoms with Crippen molar-refractivity contribution in [1.82, 2.24) is 4.98 Å². The standard InChI is InChI=1S/C16H20N2O3S/c1-12-8-9-13-5-4-7-15(16(13)17-12)18-22(19,20)11-14-6-2-3-10-21-14/h4-5,7-9,14,18H,2-3,6,10-11H2,1H3/t14-/m0/s1. The Hall–Kier alpha value is -1.66. The predicted octanol–water partition coefficient (Wildman–Crippen LogP) is 2.85. The van der Waals surface area contributed by atoms with E-state index in [2.05, 4.69) is 9.71 Å². The van der Waals surface area contributed by atoms with E-state index in [0.717, 1.165) is 30.3 Å². The van der Waals surface area contributed by atoms with Crippen LogP contribution in [0.15, 0.2) is 30.3 Å². The van der Waals surface area contributed by atoms with E-state index in [1.807, 2.05) is 31.2 Å². The zero-order valence-corrected chi connectivity index (χ0v) is 13.4. The quantitative estimate of drug-likeness (QED) is 0.940. The van der Waals surface area contributed by atoms with Gasteiger partial charge >= 0.3 is 0 Å². The van der Waals surface area contributed by atoms with Crippen molar-refractivity contribution in [3.63, 3.8) is 0 Å². The van der Waals surface area contributed by atoms with Crippen molar-refractivity contribution < 1.29 is 13.2 Å². The lowest BCUT2D eigenvalue weighted by Gasteiger charge is -2.22. The minimum Gasteiger partial charge on any atom is -0.377 e. The minimum atomic E-state index is -3.45. The van der Waals surface area contributed by atoms with Crippen LogP contribution in [0, 0.1) is 6.92 Å². The molecule has 0 saturated carbocycles. The smallest absolute Gasteiger partial charge is 0.235 e. The van der Waals surface area contributed by atoms with Crippen LogP contribution in [0.4, 0.5) is 5.69 Å². The molecule has 2 heterocycles. The van der Waals surface area contributed by atoms with Crippen molar-refractivity contribution in [2.24, 2.45) is 0 Å². The van der Waals surface area contributed by atoms with Crippen molar-refractivity contribution in [3.8, 4) is 0 Å². The Kier molecular flexibility index (Phi) is 4.31. The molecule has 1 N–H and O–H groups in total. The summed E-state index contributed by atoms with van der Waals surface area (Å²) in [5.41, 5.74) is 2.06. The second-order valence-electron chi connectivity index (χ2n) is 5.70. The van der Waals surface area contributed by atoms with Crippen LogP contribution in [0.5, 0.6) is 0 Å². The fourth-order valence-corrected chi connectivity index (χ4v) is 4.06. The molecule has 118 valence electrons. The first kappa shape index (κ1) is 15.2. The second-order valence-corrected chi connectivity index (χ2v) is 7.47. The molecule has 0 aliphatic carbocycles. The van der Waals surface area contributed by atoms with Gasteiger partial charge < -0.3 is 4.74 Å². The fraction of sp³-hybridized carbons (Fsp3) is 0.438. The number of hydrogen-bond acceptors (Lipinski definition) is 4. The summed E-state index contributed by atoms with van der Waals surface area (Å²) in [4.78, 5) is 4.45. The number of benzene rings is 1. The van der Waals surface area contributed by atoms with Crippen molar-refractivity contribution >= 4 is 26.6 Å². The highest BCUT2D eigenvalue weighted by Crippen LogP contribution is 2.23. The van der Waals surface area contributed by atoms with Gasteiger partial charge in [0.15, 0.2) is 0 Å². The number of aryl methyl sites for hydroxylation is 1. The zero-order chi connectivity index (χ0) is 15.6. The van der Waals surface area contributed by atoms with E-state index in [1.54, 1.807) is 6.07 Å². The predicted molar refractivity (Wildman–Crippen MR) is 87.5 cm³/mol. The number of fused-ring (bicyclic) bond motifs is 1. The summed E-state index contributed by atoms with van der Waals surface area (Å²) in [6.07, 6.45) is 2.62. The molecule has 1 aliphatic rings. The molecule has 0 radical (unpaired) electrons. The third-order valence-corrected chi connectivity index (χ3v) is 5.15. The molecule has 1 aliphatic heterocycles. The topological polar surface area (TPSA) is 68.3 Å². The van der Waals surface area contributed by atoms with Gasteiger partial charge in [-0.05, 0) is 38.3 Å². The maximum Gasteiger partial charge on any atom is 0.235 e. The number of pyridine rings is 1. The van der Waals surface area contributed by atoms with E-state index in [0.29, 0.717) is 17.8 Å². The highest BCUT2D eigenvalue weighted by atomic mass is 32.2. The van der Waals surface area contributed by atoms with Gasteiger partial charge in [-0.25, -0.2) is 8.42 Å². The number of rotatable bonds is 4. The van der Waals surface area contributed by atoms with E-state index in [1.165, 1.54) is 0 Å². The first-order valence-corrected chi connectivity index (χ1v) is 9.17. The number of ether oxygens (including phenoxy) is 1. The third kappa shape index (κ3) is 3.56. The molecule has 3 rings (SSSR count). The molecule has 6 heteroatoms. The molecule has 1 aromatic heterocycles. The van der Waals surface area contributed by atoms with Crippen molar-refractivity contribution in [2.45, 2.75) is 32.3 Å². The Balaban J connectivity index is 1.83. The monoisotopic (exact) mass is 320 g/mol. The molecule has 0 unspecified atom stereocenters. The molecular formula is C16H20N2O3S. The van der Waals surface area contributed by atoms with Crippen molar-refractivity contribution in [3.05, 3.63) is 36.0 Å². The Morgan fingerprint density at radius 3 is 2.91 bits per heavy atom. The molecule has 1 aromatic carbocycles. The van der Waals surface area contributed by atoms with E-state index in [-0.39, 0.29) is 11.9 Å². The molecule has 2 aromatic rings. The Morgan fingerprint density at radius 1 is 1.27 bits per heavy atom. The van der Waals surface area contributed by atoms with E-state index in [4.69, 9.17) is 4.74 Å². The van der Waals surface area contributed by atoms with E-state index < -0.39 is 10.0 Å². The van der Waals surface area contributed by atoms with Gasteiger partial charge in [-0.2, -0.15) is 0 Å². The van der Waals surface area contributed by atoms with E-state index in [9.17, 15) is 8.42 Å². The Bertz CT molecular complexity index is 768. The molecule has 0 amide bonds. The van der Waals surface area contributed by atoms with Gasteiger partial charge in [-0.3, -0.25) is 9.71 Å². The summed E-state index contributed by atoms with van der Waals surface area (Å²) in [6, 6.07) is 9.35. The summed E-state index contributed by atoms with van der Waals surface area (Å²) < 4.78 is 32.9. The average molecular weight is 320 g/mol. The average Bonchev–Trinajstić information content (AvgIpc) is 2.48. The van der Waals surface area contributed by atoms with Gasteiger partial charge in [0.2, 0.25) is 10.0 Å². The maximum absolute atomic E-state index is 12.4. The highest BCUT2D eigenvalue weighted by Gasteiger charge is 2.22. The van der Waals surface area contributed by atoms with Gasteiger partial charge in [-0.1, -0.05) is 18.2 Å². The first-order valence-electron chi connectivity index (χ1n) is 7.52. The lowest BCUT2D eigenvalue weighted by Crippen LogP contribution is -2.31. The van der Waals surface area contributed by atoms with Crippen LogP contribution < -0.4 is 4.72 Å². The highest BCUT2D eigenvalue weighted by molar-refractivity contribution is 7.92. The molecule has 1 atom stereocenters. The second kappa shape index (κ2) is 6.22. The van der Waals surface area contributed by atoms with Crippen LogP contribution in [0.3, 0.4) is 0 Å². The van der Waals surface area contributed by atoms with Crippen LogP contribution in [0.1, 0.15) is 25.0 Å². The zero-order valence-electron chi connectivity index (χ0n) is 12.6. The van der Waals surface area contributed by atoms with Gasteiger partial charge in [-0.15, -0.1) is 0 Å². The van der Waals surface area contributed by atoms with Crippen molar-refractivity contribution in [1.29, 1.82) is 0 Å². The number of para-hydroxylation sites is 1. The van der Waals surface area contributed by atoms with Crippen LogP contribution in [0.25, 0.3) is 10.9 Å². The number of sulfonamides is 1. The van der Waals surface area contributed by atoms with Crippen LogP contribution in [0.2, 0.25) is 0 Å². The van der Waals surface area contributed by atoms with E-state index >= 15 is 0 Å². The van der Waals surface area contributed by atoms with Crippen LogP contribution in [-0.4, -0.2) is 31.9 Å². The minimum absolute atomic E-state index is 0.00476. The summed E-state index contributed by atoms with van der Waals surface area (Å²) in [5, 5.41) is 0.916. The molecule has 0 spiro atoms. The fourth-order valence-electron chi connectivity index (χ4n) is 2.72. The summed E-state index contributed by atoms with van der Waals surface area (Å²) in [7, 11) is -3.45. The van der Waals surface area contributed by atoms with Gasteiger partial charge in [0, 0.05) is 17.7 Å². The van der Waals surface area contributed by atoms with Crippen molar-refractivity contribution in [2.75, 3.05) is 17.1 Å². The lowest BCUT2D eigenvalue weighted by atomic mass is 10.1. The van der Waals surface area contributed by atoms with Crippen LogP contribution >= 0.6 is 0 Å². The SMILES string of the molecule is Cc1ccc2cccc(NS(=O)(=O)C[C@@H]3CCCCO3)c2n1. The number of anilines is 1. The molecule has 1 saturated heterocycles. The van der Waals surface area contributed by atoms with Crippen LogP contribution in [-0.2, 0) is 14.8 Å². The normalized spacial score (nSPS) is 19.2. The number of hydrogen-bond donors (Lipinski definition) is 1. The van der Waals surface area contributed by atoms with Gasteiger partial charge in [0.05, 0.1) is 23.1 Å². The number of nitrogens with zero attached hydrogens (tertiary/aromatic N) is 1. The molecular weight excluding hydrogens is 300 g/mol. The van der Waals surface area contributed by atoms with Gasteiger partial charge in [0.1, 0.15) is 0 Å². The third-order valence-electron chi connectivity index (χ3n) is 3.80. The van der Waals surface area contributed by atoms with Gasteiger partial charge in [0.25, 0.3) is 0 Å². The Morgan fingerprint density at radius 2 is 2.14 bits per heavy atom. The summed E-state index contributed by atoms with van der Waals surface area (Å²) in [5.74, 6) is -0.00476. The summed E-state index contributed by atoms with van der Waals surface area (Å²) >= 11 is 0. The molecule has 5 nitrogen and oxygen atoms in total. The molecule has 1 fully saturated rings. The molecule has 22 heavy (non-hydrogen) atoms. The Labute approximate surface area is 130 Å².